The Morgan fingerprint density at radius 2 is 2.20 bits per heavy atom. The monoisotopic (exact) mass is 312 g/mol. The first-order chi connectivity index (χ1) is 9.65. The number of thiophene rings is 1. The van der Waals surface area contributed by atoms with Gasteiger partial charge in [-0.15, -0.1) is 11.3 Å². The van der Waals surface area contributed by atoms with E-state index < -0.39 is 0 Å². The van der Waals surface area contributed by atoms with Crippen LogP contribution in [0.5, 0.6) is 0 Å². The molecule has 108 valence electrons. The van der Waals surface area contributed by atoms with E-state index >= 15 is 0 Å². The van der Waals surface area contributed by atoms with Gasteiger partial charge >= 0.3 is 0 Å². The van der Waals surface area contributed by atoms with Crippen molar-refractivity contribution in [2.24, 2.45) is 5.73 Å². The van der Waals surface area contributed by atoms with Gasteiger partial charge in [-0.2, -0.15) is 0 Å². The first kappa shape index (κ1) is 15.4. The molecule has 1 aromatic carbocycles. The minimum atomic E-state index is -0.255. The maximum absolute atomic E-state index is 14.0. The average molecular weight is 313 g/mol. The lowest BCUT2D eigenvalue weighted by atomic mass is 10.0. The summed E-state index contributed by atoms with van der Waals surface area (Å²) < 4.78 is 14.0. The van der Waals surface area contributed by atoms with Gasteiger partial charge in [0.15, 0.2) is 0 Å². The number of hydrogen-bond acceptors (Lipinski definition) is 3. The van der Waals surface area contributed by atoms with Crippen molar-refractivity contribution in [3.63, 3.8) is 0 Å². The molecule has 20 heavy (non-hydrogen) atoms. The molecule has 5 heteroatoms. The molecular formula is C15H18ClFN2S. The Bertz CT molecular complexity index is 545. The van der Waals surface area contributed by atoms with E-state index in [9.17, 15) is 4.39 Å². The summed E-state index contributed by atoms with van der Waals surface area (Å²) in [7, 11) is 0. The zero-order valence-corrected chi connectivity index (χ0v) is 12.9. The van der Waals surface area contributed by atoms with Gasteiger partial charge in [0.05, 0.1) is 6.04 Å². The van der Waals surface area contributed by atoms with Gasteiger partial charge in [0.1, 0.15) is 5.82 Å². The highest BCUT2D eigenvalue weighted by molar-refractivity contribution is 7.09. The number of halogens is 2. The largest absolute Gasteiger partial charge is 0.329 e. The highest BCUT2D eigenvalue weighted by atomic mass is 35.5. The molecule has 0 radical (unpaired) electrons. The van der Waals surface area contributed by atoms with Crippen LogP contribution in [-0.4, -0.2) is 18.0 Å². The van der Waals surface area contributed by atoms with Gasteiger partial charge < -0.3 is 5.73 Å². The summed E-state index contributed by atoms with van der Waals surface area (Å²) in [6.07, 6.45) is 0. The minimum absolute atomic E-state index is 0.166. The molecule has 0 saturated carbocycles. The predicted octanol–water partition coefficient (Wildman–Crippen LogP) is 4.06. The molecule has 1 aromatic heterocycles. The Balaban J connectivity index is 2.26. The van der Waals surface area contributed by atoms with E-state index in [4.69, 9.17) is 17.3 Å². The Morgan fingerprint density at radius 3 is 2.80 bits per heavy atom. The van der Waals surface area contributed by atoms with Gasteiger partial charge in [-0.05, 0) is 36.2 Å². The molecule has 2 aromatic rings. The number of nitrogens with two attached hydrogens (primary N) is 1. The zero-order chi connectivity index (χ0) is 14.5. The Kier molecular flexibility index (Phi) is 5.54. The predicted molar refractivity (Wildman–Crippen MR) is 83.6 cm³/mol. The van der Waals surface area contributed by atoms with Crippen LogP contribution < -0.4 is 5.73 Å². The standard InChI is InChI=1S/C15H18ClFN2S/c1-2-19(10-12-4-3-7-20-12)15(9-18)13-8-11(16)5-6-14(13)17/h3-8,15H,2,9-10,18H2,1H3. The van der Waals surface area contributed by atoms with E-state index in [0.29, 0.717) is 17.1 Å². The van der Waals surface area contributed by atoms with Crippen molar-refractivity contribution in [3.05, 3.63) is 57.0 Å². The van der Waals surface area contributed by atoms with Crippen LogP contribution in [0.3, 0.4) is 0 Å². The topological polar surface area (TPSA) is 29.3 Å². The third kappa shape index (κ3) is 3.58. The van der Waals surface area contributed by atoms with Crippen LogP contribution in [0.4, 0.5) is 4.39 Å². The molecule has 2 nitrogen and oxygen atoms in total. The molecule has 2 rings (SSSR count). The molecule has 0 fully saturated rings. The van der Waals surface area contributed by atoms with Crippen molar-refractivity contribution >= 4 is 22.9 Å². The van der Waals surface area contributed by atoms with E-state index in [-0.39, 0.29) is 11.9 Å². The summed E-state index contributed by atoms with van der Waals surface area (Å²) in [6.45, 7) is 3.98. The van der Waals surface area contributed by atoms with Crippen LogP contribution in [0.15, 0.2) is 35.7 Å². The molecule has 0 aliphatic rings. The van der Waals surface area contributed by atoms with Crippen molar-refractivity contribution in [3.8, 4) is 0 Å². The quantitative estimate of drug-likeness (QED) is 0.871. The van der Waals surface area contributed by atoms with Crippen molar-refractivity contribution in [2.75, 3.05) is 13.1 Å². The molecule has 0 amide bonds. The maximum atomic E-state index is 14.0. The second kappa shape index (κ2) is 7.18. The van der Waals surface area contributed by atoms with Gasteiger partial charge in [-0.3, -0.25) is 4.90 Å². The normalized spacial score (nSPS) is 12.8. The molecule has 2 N–H and O–H groups in total. The summed E-state index contributed by atoms with van der Waals surface area (Å²) in [5.41, 5.74) is 6.45. The van der Waals surface area contributed by atoms with Crippen molar-refractivity contribution < 1.29 is 4.39 Å². The van der Waals surface area contributed by atoms with E-state index in [2.05, 4.69) is 17.9 Å². The van der Waals surface area contributed by atoms with Gasteiger partial charge in [0, 0.05) is 28.6 Å². The smallest absolute Gasteiger partial charge is 0.128 e. The molecule has 0 bridgehead atoms. The Hall–Kier alpha value is -0.940. The molecule has 0 spiro atoms. The Labute approximate surface area is 128 Å². The highest BCUT2D eigenvalue weighted by Gasteiger charge is 2.21. The van der Waals surface area contributed by atoms with E-state index in [1.807, 2.05) is 11.4 Å². The van der Waals surface area contributed by atoms with Gasteiger partial charge in [0.2, 0.25) is 0 Å². The fraction of sp³-hybridized carbons (Fsp3) is 0.333. The molecule has 0 aliphatic heterocycles. The summed E-state index contributed by atoms with van der Waals surface area (Å²) in [5.74, 6) is -0.255. The summed E-state index contributed by atoms with van der Waals surface area (Å²) in [5, 5.41) is 2.58. The van der Waals surface area contributed by atoms with Crippen LogP contribution in [-0.2, 0) is 6.54 Å². The summed E-state index contributed by atoms with van der Waals surface area (Å²) >= 11 is 7.68. The van der Waals surface area contributed by atoms with Gasteiger partial charge in [0.25, 0.3) is 0 Å². The van der Waals surface area contributed by atoms with Crippen LogP contribution in [0.2, 0.25) is 5.02 Å². The first-order valence-corrected chi connectivity index (χ1v) is 7.83. The molecular weight excluding hydrogens is 295 g/mol. The lowest BCUT2D eigenvalue weighted by molar-refractivity contribution is 0.201. The fourth-order valence-electron chi connectivity index (χ4n) is 2.29. The third-order valence-corrected chi connectivity index (χ3v) is 4.42. The number of nitrogens with zero attached hydrogens (tertiary/aromatic N) is 1. The highest BCUT2D eigenvalue weighted by Crippen LogP contribution is 2.27. The first-order valence-electron chi connectivity index (χ1n) is 6.57. The van der Waals surface area contributed by atoms with Crippen molar-refractivity contribution in [1.29, 1.82) is 0 Å². The number of rotatable bonds is 6. The van der Waals surface area contributed by atoms with Crippen molar-refractivity contribution in [1.82, 2.24) is 4.90 Å². The molecule has 1 unspecified atom stereocenters. The van der Waals surface area contributed by atoms with Gasteiger partial charge in [-0.1, -0.05) is 24.6 Å². The van der Waals surface area contributed by atoms with E-state index in [1.165, 1.54) is 10.9 Å². The van der Waals surface area contributed by atoms with Crippen LogP contribution in [0.25, 0.3) is 0 Å². The second-order valence-electron chi connectivity index (χ2n) is 4.56. The van der Waals surface area contributed by atoms with Crippen LogP contribution in [0, 0.1) is 5.82 Å². The summed E-state index contributed by atoms with van der Waals surface area (Å²) in [6, 6.07) is 8.57. The number of hydrogen-bond donors (Lipinski definition) is 1. The number of benzene rings is 1. The van der Waals surface area contributed by atoms with Gasteiger partial charge in [-0.25, -0.2) is 4.39 Å². The van der Waals surface area contributed by atoms with Crippen molar-refractivity contribution in [2.45, 2.75) is 19.5 Å². The van der Waals surface area contributed by atoms with E-state index in [1.54, 1.807) is 23.5 Å². The molecule has 0 aliphatic carbocycles. The maximum Gasteiger partial charge on any atom is 0.128 e. The molecule has 1 heterocycles. The lowest BCUT2D eigenvalue weighted by Gasteiger charge is -2.30. The molecule has 0 saturated heterocycles. The van der Waals surface area contributed by atoms with E-state index in [0.717, 1.165) is 13.1 Å². The van der Waals surface area contributed by atoms with Crippen LogP contribution in [0.1, 0.15) is 23.4 Å². The Morgan fingerprint density at radius 1 is 1.40 bits per heavy atom. The summed E-state index contributed by atoms with van der Waals surface area (Å²) in [4.78, 5) is 3.41. The third-order valence-electron chi connectivity index (χ3n) is 3.33. The average Bonchev–Trinajstić information content (AvgIpc) is 2.95. The lowest BCUT2D eigenvalue weighted by Crippen LogP contribution is -2.33. The van der Waals surface area contributed by atoms with Crippen LogP contribution >= 0.6 is 22.9 Å². The minimum Gasteiger partial charge on any atom is -0.329 e. The second-order valence-corrected chi connectivity index (χ2v) is 6.03. The molecule has 1 atom stereocenters. The number of likely N-dealkylation sites (N-methyl/N-ethyl adjacent to an activating group) is 1. The fourth-order valence-corrected chi connectivity index (χ4v) is 3.20. The zero-order valence-electron chi connectivity index (χ0n) is 11.4. The SMILES string of the molecule is CCN(Cc1cccs1)C(CN)c1cc(Cl)ccc1F.